The van der Waals surface area contributed by atoms with Crippen molar-refractivity contribution in [2.45, 2.75) is 26.3 Å². The average molecular weight is 337 g/mol. The molecule has 0 aromatic heterocycles. The van der Waals surface area contributed by atoms with Crippen LogP contribution >= 0.6 is 0 Å². The van der Waals surface area contributed by atoms with Gasteiger partial charge >= 0.3 is 0 Å². The number of amides is 2. The highest BCUT2D eigenvalue weighted by molar-refractivity contribution is 6.23. The van der Waals surface area contributed by atoms with Gasteiger partial charge < -0.3 is 15.2 Å². The van der Waals surface area contributed by atoms with Crippen molar-refractivity contribution in [2.75, 3.05) is 10.2 Å². The number of benzene rings is 2. The summed E-state index contributed by atoms with van der Waals surface area (Å²) in [5.41, 5.74) is 2.78. The summed E-state index contributed by atoms with van der Waals surface area (Å²) in [7, 11) is 0. The molecule has 0 saturated carbocycles. The minimum Gasteiger partial charge on any atom is -0.545 e. The third-order valence-corrected chi connectivity index (χ3v) is 4.25. The first-order valence-electron chi connectivity index (χ1n) is 7.89. The van der Waals surface area contributed by atoms with E-state index in [-0.39, 0.29) is 23.8 Å². The van der Waals surface area contributed by atoms with Gasteiger partial charge in [0.15, 0.2) is 0 Å². The van der Waals surface area contributed by atoms with Gasteiger partial charge in [-0.1, -0.05) is 30.3 Å². The highest BCUT2D eigenvalue weighted by atomic mass is 16.4. The number of aryl methyl sites for hydroxylation is 2. The highest BCUT2D eigenvalue weighted by Gasteiger charge is 2.40. The first-order valence-corrected chi connectivity index (χ1v) is 7.89. The van der Waals surface area contributed by atoms with Crippen molar-refractivity contribution in [3.63, 3.8) is 0 Å². The molecule has 25 heavy (non-hydrogen) atoms. The number of rotatable bonds is 4. The number of carbonyl (C=O) groups is 3. The number of aromatic carboxylic acids is 1. The van der Waals surface area contributed by atoms with Gasteiger partial charge in [0, 0.05) is 5.69 Å². The van der Waals surface area contributed by atoms with Gasteiger partial charge in [-0.05, 0) is 42.7 Å². The quantitative estimate of drug-likeness (QED) is 0.852. The van der Waals surface area contributed by atoms with Crippen molar-refractivity contribution < 1.29 is 19.5 Å². The minimum atomic E-state index is -1.30. The molecule has 0 bridgehead atoms. The maximum atomic E-state index is 12.8. The fourth-order valence-electron chi connectivity index (χ4n) is 3.08. The number of hydrogen-bond donors (Lipinski definition) is 1. The number of carbonyl (C=O) groups excluding carboxylic acids is 3. The van der Waals surface area contributed by atoms with Crippen LogP contribution in [-0.2, 0) is 9.59 Å². The van der Waals surface area contributed by atoms with E-state index in [1.165, 1.54) is 17.0 Å². The molecule has 1 N–H and O–H groups in total. The summed E-state index contributed by atoms with van der Waals surface area (Å²) < 4.78 is 0. The van der Waals surface area contributed by atoms with E-state index < -0.39 is 12.0 Å². The molecule has 0 spiro atoms. The van der Waals surface area contributed by atoms with Crippen LogP contribution in [0.15, 0.2) is 42.5 Å². The lowest BCUT2D eigenvalue weighted by molar-refractivity contribution is -0.255. The zero-order valence-corrected chi connectivity index (χ0v) is 13.9. The predicted molar refractivity (Wildman–Crippen MR) is 91.2 cm³/mol. The van der Waals surface area contributed by atoms with Crippen LogP contribution in [0, 0.1) is 13.8 Å². The third-order valence-electron chi connectivity index (χ3n) is 4.25. The second-order valence-corrected chi connectivity index (χ2v) is 6.08. The van der Waals surface area contributed by atoms with Gasteiger partial charge in [0.1, 0.15) is 6.04 Å². The summed E-state index contributed by atoms with van der Waals surface area (Å²) in [4.78, 5) is 37.3. The summed E-state index contributed by atoms with van der Waals surface area (Å²) in [5, 5.41) is 13.9. The van der Waals surface area contributed by atoms with Gasteiger partial charge in [-0.2, -0.15) is 0 Å². The van der Waals surface area contributed by atoms with Crippen LogP contribution in [-0.4, -0.2) is 23.8 Å². The molecule has 3 rings (SSSR count). The Balaban J connectivity index is 1.87. The van der Waals surface area contributed by atoms with Gasteiger partial charge in [0.2, 0.25) is 5.91 Å². The summed E-state index contributed by atoms with van der Waals surface area (Å²) >= 11 is 0. The molecule has 0 radical (unpaired) electrons. The monoisotopic (exact) mass is 337 g/mol. The van der Waals surface area contributed by atoms with E-state index in [1.54, 1.807) is 12.1 Å². The Morgan fingerprint density at radius 3 is 2.40 bits per heavy atom. The number of para-hydroxylation sites is 1. The Morgan fingerprint density at radius 1 is 1.12 bits per heavy atom. The van der Waals surface area contributed by atoms with E-state index in [0.29, 0.717) is 11.4 Å². The molecule has 2 amide bonds. The number of anilines is 2. The zero-order chi connectivity index (χ0) is 18.1. The normalized spacial score (nSPS) is 17.0. The summed E-state index contributed by atoms with van der Waals surface area (Å²) in [6.07, 6.45) is 0.0160. The van der Waals surface area contributed by atoms with E-state index in [2.05, 4.69) is 5.32 Å². The number of imide groups is 1. The van der Waals surface area contributed by atoms with Crippen LogP contribution in [0.4, 0.5) is 11.4 Å². The van der Waals surface area contributed by atoms with Crippen LogP contribution in [0.25, 0.3) is 0 Å². The summed E-state index contributed by atoms with van der Waals surface area (Å²) in [6, 6.07) is 10.8. The first-order chi connectivity index (χ1) is 11.9. The van der Waals surface area contributed by atoms with Crippen molar-refractivity contribution in [3.05, 3.63) is 59.2 Å². The minimum absolute atomic E-state index is 0.00776. The number of nitrogens with zero attached hydrogens (tertiary/aromatic N) is 1. The number of carboxylic acid groups (broad SMARTS) is 1. The SMILES string of the molecule is Cc1cccc(C)c1N1C(=O)C[C@H](Nc2cccc(C(=O)[O-])c2)C1=O. The second-order valence-electron chi connectivity index (χ2n) is 6.08. The number of hydrogen-bond acceptors (Lipinski definition) is 5. The molecule has 0 aliphatic carbocycles. The Morgan fingerprint density at radius 2 is 1.76 bits per heavy atom. The molecule has 2 aromatic carbocycles. The lowest BCUT2D eigenvalue weighted by atomic mass is 10.1. The van der Waals surface area contributed by atoms with Gasteiger partial charge in [-0.15, -0.1) is 0 Å². The Hall–Kier alpha value is -3.15. The van der Waals surface area contributed by atoms with Gasteiger partial charge in [0.05, 0.1) is 18.1 Å². The largest absolute Gasteiger partial charge is 0.545 e. The zero-order valence-electron chi connectivity index (χ0n) is 13.9. The van der Waals surface area contributed by atoms with Crippen LogP contribution in [0.3, 0.4) is 0 Å². The van der Waals surface area contributed by atoms with Crippen molar-refractivity contribution in [2.24, 2.45) is 0 Å². The molecule has 1 aliphatic heterocycles. The fraction of sp³-hybridized carbons (Fsp3) is 0.211. The van der Waals surface area contributed by atoms with E-state index in [0.717, 1.165) is 11.1 Å². The Bertz CT molecular complexity index is 855. The Labute approximate surface area is 145 Å². The van der Waals surface area contributed by atoms with Gasteiger partial charge in [-0.25, -0.2) is 4.90 Å². The lowest BCUT2D eigenvalue weighted by Gasteiger charge is -2.20. The molecular formula is C19H17N2O4-. The van der Waals surface area contributed by atoms with E-state index in [9.17, 15) is 19.5 Å². The van der Waals surface area contributed by atoms with Crippen LogP contribution in [0.2, 0.25) is 0 Å². The topological polar surface area (TPSA) is 89.5 Å². The molecule has 1 fully saturated rings. The summed E-state index contributed by atoms with van der Waals surface area (Å²) in [6.45, 7) is 3.71. The molecular weight excluding hydrogens is 320 g/mol. The maximum Gasteiger partial charge on any atom is 0.256 e. The fourth-order valence-corrected chi connectivity index (χ4v) is 3.08. The van der Waals surface area contributed by atoms with E-state index in [1.807, 2.05) is 32.0 Å². The van der Waals surface area contributed by atoms with Crippen molar-refractivity contribution in [1.82, 2.24) is 0 Å². The van der Waals surface area contributed by atoms with Crippen LogP contribution in [0.1, 0.15) is 27.9 Å². The van der Waals surface area contributed by atoms with Crippen molar-refractivity contribution >= 4 is 29.2 Å². The van der Waals surface area contributed by atoms with E-state index >= 15 is 0 Å². The molecule has 1 aliphatic rings. The average Bonchev–Trinajstić information content (AvgIpc) is 2.82. The van der Waals surface area contributed by atoms with Crippen molar-refractivity contribution in [1.29, 1.82) is 0 Å². The molecule has 1 atom stereocenters. The summed E-state index contributed by atoms with van der Waals surface area (Å²) in [5.74, 6) is -1.92. The number of carboxylic acids is 1. The van der Waals surface area contributed by atoms with Crippen LogP contribution in [0.5, 0.6) is 0 Å². The van der Waals surface area contributed by atoms with Gasteiger partial charge in [-0.3, -0.25) is 9.59 Å². The highest BCUT2D eigenvalue weighted by Crippen LogP contribution is 2.30. The number of nitrogens with one attached hydrogen (secondary N) is 1. The Kier molecular flexibility index (Phi) is 4.27. The first kappa shape index (κ1) is 16.7. The maximum absolute atomic E-state index is 12.8. The molecule has 0 unspecified atom stereocenters. The molecule has 6 heteroatoms. The standard InChI is InChI=1S/C19H18N2O4/c1-11-5-3-6-12(2)17(11)21-16(22)10-15(18(21)23)20-14-8-4-7-13(9-14)19(24)25/h3-9,15,20H,10H2,1-2H3,(H,24,25)/p-1/t15-/m0/s1. The smallest absolute Gasteiger partial charge is 0.256 e. The molecule has 1 heterocycles. The van der Waals surface area contributed by atoms with Crippen molar-refractivity contribution in [3.8, 4) is 0 Å². The molecule has 2 aromatic rings. The van der Waals surface area contributed by atoms with Gasteiger partial charge in [0.25, 0.3) is 5.91 Å². The molecule has 128 valence electrons. The third kappa shape index (κ3) is 3.10. The van der Waals surface area contributed by atoms with E-state index in [4.69, 9.17) is 0 Å². The molecule has 1 saturated heterocycles. The van der Waals surface area contributed by atoms with Crippen LogP contribution < -0.4 is 15.3 Å². The lowest BCUT2D eigenvalue weighted by Crippen LogP contribution is -2.35. The predicted octanol–water partition coefficient (Wildman–Crippen LogP) is 1.41. The molecule has 6 nitrogen and oxygen atoms in total. The second kappa shape index (κ2) is 6.39.